The molecule has 10 aromatic rings. The highest BCUT2D eigenvalue weighted by molar-refractivity contribution is 9.10. The van der Waals surface area contributed by atoms with Gasteiger partial charge in [-0.1, -0.05) is 84.9 Å². The molecule has 0 atom stereocenters. The molecule has 14 nitrogen and oxygen atoms in total. The Kier molecular flexibility index (Phi) is 10.1. The molecule has 0 radical (unpaired) electrons. The number of aliphatic carboxylic acids is 2. The zero-order valence-electron chi connectivity index (χ0n) is 32.0. The number of nitrogen functional groups attached to an aromatic ring is 2. The van der Waals surface area contributed by atoms with Crippen molar-refractivity contribution in [2.24, 2.45) is 0 Å². The minimum atomic E-state index is -0.870. The predicted molar refractivity (Wildman–Crippen MR) is 238 cm³/mol. The third-order valence-corrected chi connectivity index (χ3v) is 10.9. The van der Waals surface area contributed by atoms with Crippen LogP contribution in [0.3, 0.4) is 0 Å². The van der Waals surface area contributed by atoms with Gasteiger partial charge < -0.3 is 21.7 Å². The number of carbonyl (C=O) groups is 2. The molecule has 0 bridgehead atoms. The van der Waals surface area contributed by atoms with Crippen LogP contribution in [0.25, 0.3) is 77.9 Å². The number of para-hydroxylation sites is 2. The van der Waals surface area contributed by atoms with E-state index in [4.69, 9.17) is 31.6 Å². The van der Waals surface area contributed by atoms with E-state index >= 15 is 0 Å². The summed E-state index contributed by atoms with van der Waals surface area (Å²) in [6, 6.07) is 36.2. The highest BCUT2D eigenvalue weighted by atomic mass is 79.9. The van der Waals surface area contributed by atoms with Gasteiger partial charge >= 0.3 is 11.9 Å². The first-order valence-electron chi connectivity index (χ1n) is 18.9. The van der Waals surface area contributed by atoms with Gasteiger partial charge in [-0.25, -0.2) is 9.97 Å². The van der Waals surface area contributed by atoms with Crippen LogP contribution in [-0.4, -0.2) is 61.3 Å². The summed E-state index contributed by atoms with van der Waals surface area (Å²) in [6.07, 6.45) is 7.04. The Hall–Kier alpha value is -8.04. The van der Waals surface area contributed by atoms with Crippen molar-refractivity contribution in [3.8, 4) is 44.8 Å². The molecular weight excluding hydrogens is 836 g/mol. The standard InChI is InChI=1S/C23H16BrN5O2.C23H17N5O2/c24-20-21(14-7-5-13(6-8-14)9-19(30)31)28-23-17(12-27-29(23)22(20)25)16-10-15-3-1-2-4-18(15)26-11-16;24-21-11-20(15-7-5-14(6-8-15)9-22(29)30)27-23-18(13-26-28(21)23)17-10-16-3-1-2-4-19(16)25-12-17/h1-8,10-12H,9,25H2,(H,30,31);1-8,10-13H,9,24H2,(H,29,30). The Morgan fingerprint density at radius 2 is 1.07 bits per heavy atom. The minimum absolute atomic E-state index is 0.0172. The number of halogens is 1. The normalized spacial score (nSPS) is 11.2. The van der Waals surface area contributed by atoms with Gasteiger partial charge in [0.25, 0.3) is 0 Å². The lowest BCUT2D eigenvalue weighted by Crippen LogP contribution is -2.04. The monoisotopic (exact) mass is 868 g/mol. The molecule has 0 saturated carbocycles. The van der Waals surface area contributed by atoms with Gasteiger partial charge in [-0.05, 0) is 51.3 Å². The zero-order valence-corrected chi connectivity index (χ0v) is 33.6. The van der Waals surface area contributed by atoms with Crippen LogP contribution >= 0.6 is 15.9 Å². The van der Waals surface area contributed by atoms with Crippen LogP contribution in [0.5, 0.6) is 0 Å². The molecule has 0 saturated heterocycles. The second-order valence-electron chi connectivity index (χ2n) is 14.2. The van der Waals surface area contributed by atoms with E-state index in [1.54, 1.807) is 58.0 Å². The maximum atomic E-state index is 10.9. The number of hydrogen-bond acceptors (Lipinski definition) is 10. The number of nitrogens with zero attached hydrogens (tertiary/aromatic N) is 8. The molecule has 61 heavy (non-hydrogen) atoms. The fourth-order valence-electron chi connectivity index (χ4n) is 7.09. The number of nitrogens with two attached hydrogens (primary N) is 2. The van der Waals surface area contributed by atoms with E-state index in [0.29, 0.717) is 44.4 Å². The van der Waals surface area contributed by atoms with E-state index in [1.807, 2.05) is 79.0 Å². The van der Waals surface area contributed by atoms with Crippen LogP contribution in [0, 0.1) is 0 Å². The van der Waals surface area contributed by atoms with Crippen molar-refractivity contribution in [2.45, 2.75) is 12.8 Å². The molecule has 0 unspecified atom stereocenters. The molecule has 6 N–H and O–H groups in total. The smallest absolute Gasteiger partial charge is 0.307 e. The van der Waals surface area contributed by atoms with Crippen LogP contribution < -0.4 is 11.5 Å². The van der Waals surface area contributed by atoms with Gasteiger partial charge in [0.05, 0.1) is 52.1 Å². The molecule has 0 fully saturated rings. The molecule has 0 spiro atoms. The van der Waals surface area contributed by atoms with Crippen molar-refractivity contribution in [1.82, 2.24) is 39.2 Å². The summed E-state index contributed by atoms with van der Waals surface area (Å²) in [7, 11) is 0. The molecule has 6 aromatic heterocycles. The second kappa shape index (κ2) is 16.0. The molecular formula is C46H33BrN10O4. The first kappa shape index (κ1) is 38.5. The predicted octanol–water partition coefficient (Wildman–Crippen LogP) is 8.40. The maximum Gasteiger partial charge on any atom is 0.307 e. The fraction of sp³-hybridized carbons (Fsp3) is 0.0435. The molecule has 0 aliphatic heterocycles. The van der Waals surface area contributed by atoms with E-state index in [1.165, 1.54) is 0 Å². The lowest BCUT2D eigenvalue weighted by atomic mass is 10.1. The molecule has 15 heteroatoms. The van der Waals surface area contributed by atoms with Crippen molar-refractivity contribution >= 4 is 72.6 Å². The largest absolute Gasteiger partial charge is 0.481 e. The topological polar surface area (TPSA) is 213 Å². The zero-order chi connectivity index (χ0) is 42.2. The quantitative estimate of drug-likeness (QED) is 0.113. The van der Waals surface area contributed by atoms with Crippen molar-refractivity contribution in [2.75, 3.05) is 11.5 Å². The van der Waals surface area contributed by atoms with Gasteiger partial charge in [-0.15, -0.1) is 0 Å². The van der Waals surface area contributed by atoms with Crippen molar-refractivity contribution in [1.29, 1.82) is 0 Å². The summed E-state index contributed by atoms with van der Waals surface area (Å²) >= 11 is 3.54. The van der Waals surface area contributed by atoms with Crippen LogP contribution in [0.15, 0.2) is 145 Å². The number of carboxylic acid groups (broad SMARTS) is 2. The lowest BCUT2D eigenvalue weighted by Gasteiger charge is -2.10. The van der Waals surface area contributed by atoms with Crippen molar-refractivity contribution in [3.05, 3.63) is 156 Å². The number of carboxylic acids is 2. The average Bonchev–Trinajstić information content (AvgIpc) is 3.90. The van der Waals surface area contributed by atoms with E-state index in [-0.39, 0.29) is 12.8 Å². The second-order valence-corrected chi connectivity index (χ2v) is 15.0. The van der Waals surface area contributed by atoms with Crippen LogP contribution in [0.1, 0.15) is 11.1 Å². The van der Waals surface area contributed by atoms with Gasteiger partial charge in [-0.2, -0.15) is 19.2 Å². The number of aromatic nitrogens is 8. The lowest BCUT2D eigenvalue weighted by molar-refractivity contribution is -0.137. The molecule has 6 heterocycles. The summed E-state index contributed by atoms with van der Waals surface area (Å²) in [6.45, 7) is 0. The maximum absolute atomic E-state index is 10.9. The highest BCUT2D eigenvalue weighted by Crippen LogP contribution is 2.35. The van der Waals surface area contributed by atoms with Crippen molar-refractivity contribution < 1.29 is 19.8 Å². The SMILES string of the molecule is Nc1c(Br)c(-c2ccc(CC(=O)O)cc2)nc2c(-c3cnc4ccccc4c3)cnn12.Nc1cc(-c2ccc(CC(=O)O)cc2)nc2c(-c3cnc4ccccc4c3)cnn12. The Balaban J connectivity index is 0.000000156. The first-order chi connectivity index (χ1) is 29.6. The third kappa shape index (κ3) is 7.68. The van der Waals surface area contributed by atoms with Crippen LogP contribution in [0.4, 0.5) is 11.6 Å². The van der Waals surface area contributed by atoms with E-state index < -0.39 is 11.9 Å². The van der Waals surface area contributed by atoms with Crippen LogP contribution in [-0.2, 0) is 22.4 Å². The minimum Gasteiger partial charge on any atom is -0.481 e. The first-order valence-corrected chi connectivity index (χ1v) is 19.7. The molecule has 0 aliphatic rings. The highest BCUT2D eigenvalue weighted by Gasteiger charge is 2.19. The molecule has 10 rings (SSSR count). The fourth-order valence-corrected chi connectivity index (χ4v) is 7.57. The molecule has 0 amide bonds. The van der Waals surface area contributed by atoms with Crippen molar-refractivity contribution in [3.63, 3.8) is 0 Å². The molecule has 0 aliphatic carbocycles. The van der Waals surface area contributed by atoms with Crippen LogP contribution in [0.2, 0.25) is 0 Å². The Labute approximate surface area is 354 Å². The Morgan fingerprint density at radius 1 is 0.574 bits per heavy atom. The van der Waals surface area contributed by atoms with Gasteiger partial charge in [0, 0.05) is 62.6 Å². The molecule has 4 aromatic carbocycles. The summed E-state index contributed by atoms with van der Waals surface area (Å²) in [5, 5.41) is 28.8. The summed E-state index contributed by atoms with van der Waals surface area (Å²) < 4.78 is 3.82. The summed E-state index contributed by atoms with van der Waals surface area (Å²) in [5.74, 6) is -0.843. The third-order valence-electron chi connectivity index (χ3n) is 10.1. The Bertz CT molecular complexity index is 3310. The number of pyridine rings is 2. The number of anilines is 2. The van der Waals surface area contributed by atoms with E-state index in [0.717, 1.165) is 60.8 Å². The summed E-state index contributed by atoms with van der Waals surface area (Å²) in [4.78, 5) is 40.6. The van der Waals surface area contributed by atoms with Gasteiger partial charge in [-0.3, -0.25) is 19.6 Å². The van der Waals surface area contributed by atoms with E-state index in [9.17, 15) is 9.59 Å². The van der Waals surface area contributed by atoms with E-state index in [2.05, 4.69) is 48.2 Å². The summed E-state index contributed by atoms with van der Waals surface area (Å²) in [5.41, 5.74) is 23.6. The number of hydrogen-bond donors (Lipinski definition) is 4. The Morgan fingerprint density at radius 3 is 1.61 bits per heavy atom. The average molecular weight is 870 g/mol. The number of benzene rings is 4. The number of rotatable bonds is 8. The molecule has 298 valence electrons. The number of fused-ring (bicyclic) bond motifs is 4. The van der Waals surface area contributed by atoms with Gasteiger partial charge in [0.2, 0.25) is 0 Å². The van der Waals surface area contributed by atoms with Gasteiger partial charge in [0.1, 0.15) is 11.6 Å². The van der Waals surface area contributed by atoms with Gasteiger partial charge in [0.15, 0.2) is 11.3 Å².